The molecule has 1 saturated heterocycles. The highest BCUT2D eigenvalue weighted by atomic mass is 16.4. The van der Waals surface area contributed by atoms with Gasteiger partial charge >= 0.3 is 5.97 Å². The van der Waals surface area contributed by atoms with Crippen LogP contribution < -0.4 is 0 Å². The molecule has 2 N–H and O–H groups in total. The molecule has 0 spiro atoms. The highest BCUT2D eigenvalue weighted by Gasteiger charge is 2.56. The molecule has 0 aliphatic carbocycles. The van der Waals surface area contributed by atoms with Gasteiger partial charge in [0.05, 0.1) is 17.8 Å². The van der Waals surface area contributed by atoms with Crippen molar-refractivity contribution in [3.05, 3.63) is 35.4 Å². The Balaban J connectivity index is 2.02. The van der Waals surface area contributed by atoms with E-state index in [1.54, 1.807) is 0 Å². The smallest absolute Gasteiger partial charge is 0.329 e. The van der Waals surface area contributed by atoms with Gasteiger partial charge in [-0.05, 0) is 38.3 Å². The molecule has 124 valence electrons. The average Bonchev–Trinajstić information content (AvgIpc) is 2.66. The van der Waals surface area contributed by atoms with E-state index in [4.69, 9.17) is 0 Å². The zero-order valence-electron chi connectivity index (χ0n) is 13.6. The number of aliphatic carboxylic acids is 1. The standard InChI is InChI=1S/C17H22N2O4/c1-10(20)14(16(22)23)19-15(21)13-8-11-6-4-5-7-12(11)9-18(13)17(19,2)3/h4-7,10,13-14,20H,8-9H2,1-3H3,(H,22,23)/t10?,13-,14-/m0/s1. The minimum atomic E-state index is -1.24. The molecule has 3 rings (SSSR count). The SMILES string of the molecule is CC(O)[C@@H](C(=O)O)N1C(=O)[C@@H]2Cc3ccccc3CN2C1(C)C. The molecule has 23 heavy (non-hydrogen) atoms. The largest absolute Gasteiger partial charge is 0.480 e. The lowest BCUT2D eigenvalue weighted by Gasteiger charge is -2.43. The first-order valence-electron chi connectivity index (χ1n) is 7.82. The normalized spacial score (nSPS) is 25.7. The predicted octanol–water partition coefficient (Wildman–Crippen LogP) is 0.826. The van der Waals surface area contributed by atoms with Crippen LogP contribution in [-0.4, -0.2) is 55.7 Å². The zero-order valence-corrected chi connectivity index (χ0v) is 13.6. The zero-order chi connectivity index (χ0) is 16.9. The molecule has 3 atom stereocenters. The van der Waals surface area contributed by atoms with Crippen LogP contribution in [0, 0.1) is 0 Å². The molecule has 0 saturated carbocycles. The second kappa shape index (κ2) is 5.32. The summed E-state index contributed by atoms with van der Waals surface area (Å²) in [6, 6.07) is 6.35. The number of carboxylic acid groups (broad SMARTS) is 1. The fourth-order valence-electron chi connectivity index (χ4n) is 3.90. The topological polar surface area (TPSA) is 81.1 Å². The number of aliphatic hydroxyl groups excluding tert-OH is 1. The molecule has 0 bridgehead atoms. The molecule has 6 heteroatoms. The van der Waals surface area contributed by atoms with Crippen molar-refractivity contribution < 1.29 is 19.8 Å². The van der Waals surface area contributed by atoms with Gasteiger partial charge in [-0.1, -0.05) is 24.3 Å². The van der Waals surface area contributed by atoms with Crippen molar-refractivity contribution in [3.63, 3.8) is 0 Å². The number of hydrogen-bond acceptors (Lipinski definition) is 4. The second-order valence-electron chi connectivity index (χ2n) is 6.84. The first kappa shape index (κ1) is 16.0. The first-order valence-corrected chi connectivity index (χ1v) is 7.82. The molecule has 2 heterocycles. The van der Waals surface area contributed by atoms with E-state index in [0.717, 1.165) is 11.1 Å². The van der Waals surface area contributed by atoms with Crippen LogP contribution in [-0.2, 0) is 22.6 Å². The lowest BCUT2D eigenvalue weighted by Crippen LogP contribution is -2.59. The molecule has 1 fully saturated rings. The predicted molar refractivity (Wildman–Crippen MR) is 83.5 cm³/mol. The second-order valence-corrected chi connectivity index (χ2v) is 6.84. The third kappa shape index (κ3) is 2.33. The molecule has 0 radical (unpaired) electrons. The van der Waals surface area contributed by atoms with Crippen LogP contribution in [0.2, 0.25) is 0 Å². The van der Waals surface area contributed by atoms with Gasteiger partial charge in [0.15, 0.2) is 6.04 Å². The van der Waals surface area contributed by atoms with E-state index < -0.39 is 23.8 Å². The van der Waals surface area contributed by atoms with Crippen molar-refractivity contribution in [2.75, 3.05) is 0 Å². The van der Waals surface area contributed by atoms with E-state index in [-0.39, 0.29) is 11.9 Å². The van der Waals surface area contributed by atoms with E-state index in [1.807, 2.05) is 43.0 Å². The summed E-state index contributed by atoms with van der Waals surface area (Å²) < 4.78 is 0. The van der Waals surface area contributed by atoms with Gasteiger partial charge in [0.2, 0.25) is 5.91 Å². The van der Waals surface area contributed by atoms with E-state index >= 15 is 0 Å². The Bertz CT molecular complexity index is 656. The fourth-order valence-corrected chi connectivity index (χ4v) is 3.90. The summed E-state index contributed by atoms with van der Waals surface area (Å²) >= 11 is 0. The summed E-state index contributed by atoms with van der Waals surface area (Å²) in [5, 5.41) is 19.4. The van der Waals surface area contributed by atoms with Crippen molar-refractivity contribution in [2.45, 2.75) is 57.6 Å². The molecule has 0 aromatic heterocycles. The van der Waals surface area contributed by atoms with E-state index in [1.165, 1.54) is 11.8 Å². The van der Waals surface area contributed by atoms with Gasteiger partial charge in [-0.2, -0.15) is 0 Å². The van der Waals surface area contributed by atoms with Crippen LogP contribution >= 0.6 is 0 Å². The lowest BCUT2D eigenvalue weighted by atomic mass is 9.94. The van der Waals surface area contributed by atoms with Gasteiger partial charge in [-0.25, -0.2) is 4.79 Å². The van der Waals surface area contributed by atoms with E-state index in [9.17, 15) is 19.8 Å². The molecule has 2 aliphatic rings. The number of amides is 1. The third-order valence-electron chi connectivity index (χ3n) is 5.05. The Labute approximate surface area is 135 Å². The summed E-state index contributed by atoms with van der Waals surface area (Å²) in [4.78, 5) is 27.9. The van der Waals surface area contributed by atoms with Crippen LogP contribution in [0.15, 0.2) is 24.3 Å². The highest BCUT2D eigenvalue weighted by Crippen LogP contribution is 2.40. The monoisotopic (exact) mass is 318 g/mol. The Hall–Kier alpha value is -1.92. The summed E-state index contributed by atoms with van der Waals surface area (Å²) in [7, 11) is 0. The maximum atomic E-state index is 12.9. The number of carboxylic acids is 1. The van der Waals surface area contributed by atoms with Crippen molar-refractivity contribution in [3.8, 4) is 0 Å². The fraction of sp³-hybridized carbons (Fsp3) is 0.529. The summed E-state index contributed by atoms with van der Waals surface area (Å²) in [5.41, 5.74) is 1.52. The number of hydrogen-bond donors (Lipinski definition) is 2. The molecule has 6 nitrogen and oxygen atoms in total. The van der Waals surface area contributed by atoms with Gasteiger partial charge in [-0.3, -0.25) is 9.69 Å². The maximum Gasteiger partial charge on any atom is 0.329 e. The van der Waals surface area contributed by atoms with Crippen molar-refractivity contribution in [2.24, 2.45) is 0 Å². The van der Waals surface area contributed by atoms with Crippen LogP contribution in [0.4, 0.5) is 0 Å². The Morgan fingerprint density at radius 3 is 2.48 bits per heavy atom. The van der Waals surface area contributed by atoms with Crippen LogP contribution in [0.25, 0.3) is 0 Å². The number of nitrogens with zero attached hydrogens (tertiary/aromatic N) is 2. The van der Waals surface area contributed by atoms with Gasteiger partial charge in [-0.15, -0.1) is 0 Å². The minimum Gasteiger partial charge on any atom is -0.480 e. The Morgan fingerprint density at radius 1 is 1.30 bits per heavy atom. The summed E-state index contributed by atoms with van der Waals surface area (Å²) in [5.74, 6) is -1.41. The third-order valence-corrected chi connectivity index (χ3v) is 5.05. The minimum absolute atomic E-state index is 0.224. The van der Waals surface area contributed by atoms with Crippen molar-refractivity contribution in [1.82, 2.24) is 9.80 Å². The van der Waals surface area contributed by atoms with Crippen molar-refractivity contribution >= 4 is 11.9 Å². The Morgan fingerprint density at radius 2 is 1.91 bits per heavy atom. The van der Waals surface area contributed by atoms with Gasteiger partial charge in [0.25, 0.3) is 0 Å². The van der Waals surface area contributed by atoms with E-state index in [2.05, 4.69) is 0 Å². The average molecular weight is 318 g/mol. The molecular weight excluding hydrogens is 296 g/mol. The van der Waals surface area contributed by atoms with Crippen LogP contribution in [0.5, 0.6) is 0 Å². The van der Waals surface area contributed by atoms with Crippen LogP contribution in [0.3, 0.4) is 0 Å². The molecular formula is C17H22N2O4. The first-order chi connectivity index (χ1) is 10.7. The molecule has 1 aromatic rings. The quantitative estimate of drug-likeness (QED) is 0.862. The summed E-state index contributed by atoms with van der Waals surface area (Å²) in [6.07, 6.45) is -0.569. The van der Waals surface area contributed by atoms with E-state index in [0.29, 0.717) is 13.0 Å². The Kier molecular flexibility index (Phi) is 3.69. The highest BCUT2D eigenvalue weighted by molar-refractivity contribution is 5.90. The van der Waals surface area contributed by atoms with Gasteiger partial charge < -0.3 is 15.1 Å². The number of benzene rings is 1. The maximum absolute atomic E-state index is 12.9. The number of fused-ring (bicyclic) bond motifs is 2. The van der Waals surface area contributed by atoms with Crippen molar-refractivity contribution in [1.29, 1.82) is 0 Å². The number of aliphatic hydroxyl groups is 1. The summed E-state index contributed by atoms with van der Waals surface area (Å²) in [6.45, 7) is 5.70. The number of carbonyl (C=O) groups excluding carboxylic acids is 1. The molecule has 1 aromatic carbocycles. The van der Waals surface area contributed by atoms with Crippen LogP contribution in [0.1, 0.15) is 31.9 Å². The number of rotatable bonds is 3. The number of carbonyl (C=O) groups is 2. The molecule has 1 amide bonds. The molecule has 2 aliphatic heterocycles. The lowest BCUT2D eigenvalue weighted by molar-refractivity contribution is -0.158. The molecule has 1 unspecified atom stereocenters. The van der Waals surface area contributed by atoms with Gasteiger partial charge in [0, 0.05) is 6.54 Å². The van der Waals surface area contributed by atoms with Gasteiger partial charge in [0.1, 0.15) is 0 Å².